The molecule has 0 unspecified atom stereocenters. The quantitative estimate of drug-likeness (QED) is 0.631. The third-order valence-corrected chi connectivity index (χ3v) is 6.63. The van der Waals surface area contributed by atoms with E-state index in [-0.39, 0.29) is 33.8 Å². The molecule has 0 fully saturated rings. The van der Waals surface area contributed by atoms with Crippen molar-refractivity contribution >= 4 is 37.4 Å². The fourth-order valence-electron chi connectivity index (χ4n) is 2.56. The van der Waals surface area contributed by atoms with E-state index in [1.807, 2.05) is 0 Å². The number of nitrogens with one attached hydrogen (secondary N) is 2. The summed E-state index contributed by atoms with van der Waals surface area (Å²) in [6.07, 6.45) is 1.16. The van der Waals surface area contributed by atoms with Gasteiger partial charge in [0.05, 0.1) is 21.2 Å². The molecule has 29 heavy (non-hydrogen) atoms. The molecule has 0 aromatic heterocycles. The second-order valence-corrected chi connectivity index (χ2v) is 11.2. The maximum Gasteiger partial charge on any atom is 0.253 e. The minimum atomic E-state index is -3.76. The van der Waals surface area contributed by atoms with Crippen LogP contribution in [0.2, 0.25) is 5.02 Å². The van der Waals surface area contributed by atoms with Crippen molar-refractivity contribution in [3.63, 3.8) is 0 Å². The number of amides is 1. The molecule has 10 heteroatoms. The number of carbonyl (C=O) groups excluding carboxylic acids is 1. The second-order valence-electron chi connectivity index (χ2n) is 6.99. The van der Waals surface area contributed by atoms with E-state index < -0.39 is 25.8 Å². The highest BCUT2D eigenvalue weighted by molar-refractivity contribution is 7.90. The van der Waals surface area contributed by atoms with Gasteiger partial charge in [0.25, 0.3) is 5.91 Å². The Bertz CT molecular complexity index is 1100. The Morgan fingerprint density at radius 1 is 1.00 bits per heavy atom. The van der Waals surface area contributed by atoms with Gasteiger partial charge in [0.1, 0.15) is 0 Å². The summed E-state index contributed by atoms with van der Waals surface area (Å²) in [4.78, 5) is 12.5. The number of halogens is 1. The Labute approximate surface area is 176 Å². The zero-order chi connectivity index (χ0) is 21.8. The molecule has 2 N–H and O–H groups in total. The molecule has 0 spiro atoms. The van der Waals surface area contributed by atoms with Gasteiger partial charge in [-0.15, -0.1) is 0 Å². The van der Waals surface area contributed by atoms with Gasteiger partial charge in [-0.05, 0) is 43.2 Å². The zero-order valence-corrected chi connectivity index (χ0v) is 18.7. The molecule has 0 radical (unpaired) electrons. The first-order valence-corrected chi connectivity index (χ1v) is 12.7. The molecule has 0 saturated carbocycles. The van der Waals surface area contributed by atoms with Crippen LogP contribution in [-0.4, -0.2) is 35.0 Å². The molecule has 0 saturated heterocycles. The van der Waals surface area contributed by atoms with Gasteiger partial charge in [-0.2, -0.15) is 0 Å². The molecular formula is C19H23ClN2O5S2. The van der Waals surface area contributed by atoms with E-state index in [2.05, 4.69) is 10.0 Å². The summed E-state index contributed by atoms with van der Waals surface area (Å²) in [5, 5.41) is 2.82. The van der Waals surface area contributed by atoms with Crippen LogP contribution in [0.4, 0.5) is 0 Å². The fourth-order valence-corrected chi connectivity index (χ4v) is 4.84. The molecule has 2 rings (SSSR count). The van der Waals surface area contributed by atoms with Gasteiger partial charge in [0.2, 0.25) is 10.0 Å². The number of carbonyl (C=O) groups is 1. The van der Waals surface area contributed by atoms with Crippen LogP contribution in [-0.2, 0) is 32.2 Å². The monoisotopic (exact) mass is 458 g/mol. The molecular weight excluding hydrogens is 436 g/mol. The molecule has 0 aliphatic rings. The van der Waals surface area contributed by atoms with Crippen molar-refractivity contribution in [3.8, 4) is 0 Å². The van der Waals surface area contributed by atoms with E-state index >= 15 is 0 Å². The van der Waals surface area contributed by atoms with Crippen molar-refractivity contribution in [2.75, 3.05) is 6.26 Å². The molecule has 0 bridgehead atoms. The van der Waals surface area contributed by atoms with Gasteiger partial charge in [-0.3, -0.25) is 4.79 Å². The van der Waals surface area contributed by atoms with Crippen molar-refractivity contribution in [2.45, 2.75) is 37.1 Å². The van der Waals surface area contributed by atoms with Crippen molar-refractivity contribution in [1.82, 2.24) is 10.0 Å². The lowest BCUT2D eigenvalue weighted by molar-refractivity contribution is 0.0951. The maximum atomic E-state index is 12.5. The summed E-state index contributed by atoms with van der Waals surface area (Å²) in [5.74, 6) is -0.571. The van der Waals surface area contributed by atoms with Crippen LogP contribution >= 0.6 is 11.6 Å². The third-order valence-electron chi connectivity index (χ3n) is 3.79. The maximum absolute atomic E-state index is 12.5. The van der Waals surface area contributed by atoms with E-state index in [1.165, 1.54) is 18.2 Å². The fraction of sp³-hybridized carbons (Fsp3) is 0.316. The first-order chi connectivity index (χ1) is 13.4. The van der Waals surface area contributed by atoms with E-state index in [0.29, 0.717) is 5.56 Å². The van der Waals surface area contributed by atoms with E-state index in [9.17, 15) is 21.6 Å². The highest BCUT2D eigenvalue weighted by atomic mass is 35.5. The van der Waals surface area contributed by atoms with E-state index in [4.69, 9.17) is 11.6 Å². The summed E-state index contributed by atoms with van der Waals surface area (Å²) in [5.41, 5.74) is 1.46. The summed E-state index contributed by atoms with van der Waals surface area (Å²) in [6, 6.07) is 10.4. The number of hydrogen-bond donors (Lipinski definition) is 2. The number of sulfone groups is 1. The van der Waals surface area contributed by atoms with Crippen LogP contribution in [0.1, 0.15) is 35.3 Å². The smallest absolute Gasteiger partial charge is 0.253 e. The lowest BCUT2D eigenvalue weighted by atomic mass is 10.1. The standard InChI is InChI=1S/C19H23ClN2O5S2/c1-13(2)22-29(26,27)16-8-9-18(20)17(10-16)19(23)21-11-14-4-6-15(7-5-14)12-28(3,24)25/h4-10,13,22H,11-12H2,1-3H3,(H,21,23). The average Bonchev–Trinajstić information content (AvgIpc) is 2.58. The minimum absolute atomic E-state index is 0.0481. The molecule has 2 aromatic rings. The summed E-state index contributed by atoms with van der Waals surface area (Å²) in [6.45, 7) is 3.57. The van der Waals surface area contributed by atoms with Gasteiger partial charge in [-0.1, -0.05) is 35.9 Å². The first-order valence-electron chi connectivity index (χ1n) is 8.73. The molecule has 0 heterocycles. The molecule has 0 aliphatic heterocycles. The Kier molecular flexibility index (Phi) is 7.45. The lowest BCUT2D eigenvalue weighted by Crippen LogP contribution is -2.30. The predicted molar refractivity (Wildman–Crippen MR) is 113 cm³/mol. The third kappa shape index (κ3) is 7.11. The lowest BCUT2D eigenvalue weighted by Gasteiger charge is -2.12. The average molecular weight is 459 g/mol. The molecule has 0 atom stereocenters. The predicted octanol–water partition coefficient (Wildman–Crippen LogP) is 2.50. The van der Waals surface area contributed by atoms with Crippen LogP contribution in [0.15, 0.2) is 47.4 Å². The topological polar surface area (TPSA) is 109 Å². The summed E-state index contributed by atoms with van der Waals surface area (Å²) < 4.78 is 49.7. The molecule has 7 nitrogen and oxygen atoms in total. The largest absolute Gasteiger partial charge is 0.348 e. The van der Waals surface area contributed by atoms with Gasteiger partial charge in [0, 0.05) is 18.8 Å². The van der Waals surface area contributed by atoms with Gasteiger partial charge in [0.15, 0.2) is 9.84 Å². The van der Waals surface area contributed by atoms with Crippen molar-refractivity contribution in [2.24, 2.45) is 0 Å². The second kappa shape index (κ2) is 9.25. The Balaban J connectivity index is 2.12. The van der Waals surface area contributed by atoms with Crippen LogP contribution in [0.5, 0.6) is 0 Å². The SMILES string of the molecule is CC(C)NS(=O)(=O)c1ccc(Cl)c(C(=O)NCc2ccc(CS(C)(=O)=O)cc2)c1. The number of rotatable bonds is 8. The van der Waals surface area contributed by atoms with Gasteiger partial charge >= 0.3 is 0 Å². The van der Waals surface area contributed by atoms with Crippen molar-refractivity contribution in [3.05, 3.63) is 64.2 Å². The Hall–Kier alpha value is -1.94. The molecule has 2 aromatic carbocycles. The van der Waals surface area contributed by atoms with Crippen LogP contribution in [0.25, 0.3) is 0 Å². The minimum Gasteiger partial charge on any atom is -0.348 e. The van der Waals surface area contributed by atoms with E-state index in [0.717, 1.165) is 11.8 Å². The van der Waals surface area contributed by atoms with Gasteiger partial charge < -0.3 is 5.32 Å². The molecule has 0 aliphatic carbocycles. The number of sulfonamides is 1. The van der Waals surface area contributed by atoms with Crippen LogP contribution in [0, 0.1) is 0 Å². The highest BCUT2D eigenvalue weighted by Crippen LogP contribution is 2.21. The van der Waals surface area contributed by atoms with Crippen molar-refractivity contribution < 1.29 is 21.6 Å². The van der Waals surface area contributed by atoms with Gasteiger partial charge in [-0.25, -0.2) is 21.6 Å². The highest BCUT2D eigenvalue weighted by Gasteiger charge is 2.19. The molecule has 1 amide bonds. The number of hydrogen-bond acceptors (Lipinski definition) is 5. The Morgan fingerprint density at radius 2 is 1.59 bits per heavy atom. The first kappa shape index (κ1) is 23.3. The Morgan fingerprint density at radius 3 is 2.14 bits per heavy atom. The van der Waals surface area contributed by atoms with Crippen LogP contribution < -0.4 is 10.0 Å². The summed E-state index contributed by atoms with van der Waals surface area (Å²) >= 11 is 6.08. The zero-order valence-electron chi connectivity index (χ0n) is 16.3. The van der Waals surface area contributed by atoms with E-state index in [1.54, 1.807) is 38.1 Å². The summed E-state index contributed by atoms with van der Waals surface area (Å²) in [7, 11) is -6.88. The van der Waals surface area contributed by atoms with Crippen LogP contribution in [0.3, 0.4) is 0 Å². The molecule has 158 valence electrons. The van der Waals surface area contributed by atoms with Crippen molar-refractivity contribution in [1.29, 1.82) is 0 Å². The normalized spacial score (nSPS) is 12.2. The number of benzene rings is 2.